The van der Waals surface area contributed by atoms with Crippen LogP contribution < -0.4 is 10.2 Å². The fourth-order valence-corrected chi connectivity index (χ4v) is 3.16. The highest BCUT2D eigenvalue weighted by Gasteiger charge is 2.39. The summed E-state index contributed by atoms with van der Waals surface area (Å²) in [5, 5.41) is 22.7. The summed E-state index contributed by atoms with van der Waals surface area (Å²) in [7, 11) is 0. The van der Waals surface area contributed by atoms with Gasteiger partial charge in [0.1, 0.15) is 18.5 Å². The monoisotopic (exact) mass is 422 g/mol. The first kappa shape index (κ1) is 21.8. The summed E-state index contributed by atoms with van der Waals surface area (Å²) in [5.41, 5.74) is -0.469. The Morgan fingerprint density at radius 2 is 2.00 bits per heavy atom. The van der Waals surface area contributed by atoms with Crippen molar-refractivity contribution in [3.05, 3.63) is 47.2 Å². The minimum absolute atomic E-state index is 0.0334. The molecule has 3 atom stereocenters. The van der Waals surface area contributed by atoms with E-state index in [1.54, 1.807) is 26.8 Å². The second kappa shape index (κ2) is 8.11. The first-order valence-corrected chi connectivity index (χ1v) is 9.44. The molecule has 8 nitrogen and oxygen atoms in total. The summed E-state index contributed by atoms with van der Waals surface area (Å²) in [4.78, 5) is 20.9. The molecule has 0 spiro atoms. The molecule has 0 radical (unpaired) electrons. The molecule has 1 aliphatic rings. The number of anilines is 2. The number of aliphatic hydroxyl groups excluding tert-OH is 1. The first-order valence-electron chi connectivity index (χ1n) is 9.44. The molecule has 1 aliphatic heterocycles. The highest BCUT2D eigenvalue weighted by atomic mass is 19.1. The van der Waals surface area contributed by atoms with Crippen LogP contribution in [0.25, 0.3) is 0 Å². The van der Waals surface area contributed by atoms with Crippen LogP contribution in [0.3, 0.4) is 0 Å². The van der Waals surface area contributed by atoms with Crippen LogP contribution in [0.2, 0.25) is 0 Å². The van der Waals surface area contributed by atoms with E-state index >= 15 is 0 Å². The van der Waals surface area contributed by atoms with Gasteiger partial charge in [0.15, 0.2) is 11.6 Å². The normalized spacial score (nSPS) is 18.9. The number of nitrogens with one attached hydrogen (secondary N) is 1. The van der Waals surface area contributed by atoms with Gasteiger partial charge < -0.3 is 20.3 Å². The predicted octanol–water partition coefficient (Wildman–Crippen LogP) is 2.86. The summed E-state index contributed by atoms with van der Waals surface area (Å²) in [6.45, 7) is 6.14. The Balaban J connectivity index is 1.86. The van der Waals surface area contributed by atoms with Crippen LogP contribution >= 0.6 is 0 Å². The van der Waals surface area contributed by atoms with Crippen LogP contribution in [0.5, 0.6) is 0 Å². The minimum atomic E-state index is -1.18. The van der Waals surface area contributed by atoms with Crippen molar-refractivity contribution >= 4 is 17.9 Å². The zero-order valence-electron chi connectivity index (χ0n) is 17.1. The van der Waals surface area contributed by atoms with Crippen LogP contribution in [-0.4, -0.2) is 45.0 Å². The van der Waals surface area contributed by atoms with E-state index in [0.29, 0.717) is 11.1 Å². The van der Waals surface area contributed by atoms with E-state index in [1.807, 2.05) is 0 Å². The van der Waals surface area contributed by atoms with Gasteiger partial charge in [-0.3, -0.25) is 0 Å². The molecular weight excluding hydrogens is 398 g/mol. The maximum absolute atomic E-state index is 14.6. The van der Waals surface area contributed by atoms with E-state index in [-0.39, 0.29) is 18.4 Å². The number of cyclic esters (lactones) is 1. The molecule has 30 heavy (non-hydrogen) atoms. The average Bonchev–Trinajstić information content (AvgIpc) is 3.04. The molecule has 1 amide bonds. The molecule has 0 bridgehead atoms. The Morgan fingerprint density at radius 1 is 1.30 bits per heavy atom. The number of aliphatic hydroxyl groups is 2. The Morgan fingerprint density at radius 3 is 2.60 bits per heavy atom. The lowest BCUT2D eigenvalue weighted by Gasteiger charge is -2.24. The number of carbonyl (C=O) groups is 1. The van der Waals surface area contributed by atoms with Crippen molar-refractivity contribution in [3.63, 3.8) is 0 Å². The van der Waals surface area contributed by atoms with E-state index in [9.17, 15) is 23.8 Å². The zero-order chi connectivity index (χ0) is 22.2. The van der Waals surface area contributed by atoms with Gasteiger partial charge in [-0.2, -0.15) is 4.98 Å². The summed E-state index contributed by atoms with van der Waals surface area (Å²) in [6, 6.07) is 3.00. The van der Waals surface area contributed by atoms with Crippen molar-refractivity contribution in [1.29, 1.82) is 0 Å². The Bertz CT molecular complexity index is 949. The lowest BCUT2D eigenvalue weighted by Crippen LogP contribution is -2.42. The molecule has 1 unspecified atom stereocenters. The fraction of sp³-hybridized carbons (Fsp3) is 0.450. The van der Waals surface area contributed by atoms with Crippen molar-refractivity contribution in [1.82, 2.24) is 9.97 Å². The van der Waals surface area contributed by atoms with E-state index in [0.717, 1.165) is 11.1 Å². The molecule has 0 saturated carbocycles. The van der Waals surface area contributed by atoms with E-state index < -0.39 is 41.5 Å². The van der Waals surface area contributed by atoms with E-state index in [2.05, 4.69) is 15.3 Å². The second-order valence-electron chi connectivity index (χ2n) is 7.78. The Labute approximate surface area is 172 Å². The topological polar surface area (TPSA) is 108 Å². The van der Waals surface area contributed by atoms with Crippen LogP contribution in [-0.2, 0) is 10.3 Å². The lowest BCUT2D eigenvalue weighted by molar-refractivity contribution is 0.0782. The highest BCUT2D eigenvalue weighted by Crippen LogP contribution is 2.29. The smallest absolute Gasteiger partial charge is 0.416 e. The van der Waals surface area contributed by atoms with Gasteiger partial charge in [0, 0.05) is 5.56 Å². The zero-order valence-corrected chi connectivity index (χ0v) is 17.1. The van der Waals surface area contributed by atoms with Gasteiger partial charge in [0.25, 0.3) is 0 Å². The van der Waals surface area contributed by atoms with Crippen LogP contribution in [0.1, 0.15) is 44.9 Å². The highest BCUT2D eigenvalue weighted by molar-refractivity contribution is 5.89. The number of nitrogens with zero attached hydrogens (tertiary/aromatic N) is 3. The maximum Gasteiger partial charge on any atom is 0.416 e. The van der Waals surface area contributed by atoms with Crippen LogP contribution in [0, 0.1) is 11.6 Å². The SMILES string of the molecule is C[C@H](Nc1ncc(F)c(N2C(=O)OCC2[C@@H](C)O)n1)c1ccc(C(C)(C)O)cc1F. The number of halogens is 2. The largest absolute Gasteiger partial charge is 0.447 e. The van der Waals surface area contributed by atoms with E-state index in [1.165, 1.54) is 19.1 Å². The molecule has 1 fully saturated rings. The molecule has 0 aliphatic carbocycles. The fourth-order valence-electron chi connectivity index (χ4n) is 3.16. The molecule has 1 saturated heterocycles. The Hall–Kier alpha value is -2.85. The third-order valence-electron chi connectivity index (χ3n) is 4.94. The molecule has 1 aromatic heterocycles. The molecule has 3 N–H and O–H groups in total. The summed E-state index contributed by atoms with van der Waals surface area (Å²) in [5.74, 6) is -1.77. The van der Waals surface area contributed by atoms with Gasteiger partial charge in [0.05, 0.1) is 23.9 Å². The third-order valence-corrected chi connectivity index (χ3v) is 4.94. The van der Waals surface area contributed by atoms with Crippen LogP contribution in [0.15, 0.2) is 24.4 Å². The van der Waals surface area contributed by atoms with Crippen molar-refractivity contribution in [3.8, 4) is 0 Å². The second-order valence-corrected chi connectivity index (χ2v) is 7.78. The third kappa shape index (κ3) is 4.34. The standard InChI is InChI=1S/C20H24F2N4O4/c1-10(13-6-5-12(7-14(13)21)20(3,4)29)24-18-23-8-15(22)17(25-18)26-16(11(2)27)9-30-19(26)28/h5-8,10-11,16,27,29H,9H2,1-4H3,(H,23,24,25)/t10-,11+,16?/m0/s1. The van der Waals surface area contributed by atoms with Crippen molar-refractivity contribution < 1.29 is 28.5 Å². The predicted molar refractivity (Wildman–Crippen MR) is 105 cm³/mol. The molecule has 2 heterocycles. The lowest BCUT2D eigenvalue weighted by atomic mass is 9.95. The molecular formula is C20H24F2N4O4. The summed E-state index contributed by atoms with van der Waals surface area (Å²) in [6.07, 6.45) is -0.911. The summed E-state index contributed by atoms with van der Waals surface area (Å²) < 4.78 is 33.8. The number of carbonyl (C=O) groups excluding carboxylic acids is 1. The minimum Gasteiger partial charge on any atom is -0.447 e. The quantitative estimate of drug-likeness (QED) is 0.657. The number of rotatable bonds is 6. The average molecular weight is 422 g/mol. The van der Waals surface area contributed by atoms with Gasteiger partial charge in [-0.25, -0.2) is 23.5 Å². The van der Waals surface area contributed by atoms with Gasteiger partial charge in [-0.15, -0.1) is 0 Å². The molecule has 10 heteroatoms. The molecule has 1 aromatic carbocycles. The van der Waals surface area contributed by atoms with E-state index in [4.69, 9.17) is 4.74 Å². The maximum atomic E-state index is 14.6. The van der Waals surface area contributed by atoms with Gasteiger partial charge >= 0.3 is 6.09 Å². The number of hydrogen-bond donors (Lipinski definition) is 3. The number of benzene rings is 1. The first-order chi connectivity index (χ1) is 14.0. The van der Waals surface area contributed by atoms with Crippen molar-refractivity contribution in [2.24, 2.45) is 0 Å². The number of aromatic nitrogens is 2. The van der Waals surface area contributed by atoms with Crippen molar-refractivity contribution in [2.45, 2.75) is 51.5 Å². The van der Waals surface area contributed by atoms with Gasteiger partial charge in [0.2, 0.25) is 5.95 Å². The summed E-state index contributed by atoms with van der Waals surface area (Å²) >= 11 is 0. The molecule has 162 valence electrons. The number of amides is 1. The van der Waals surface area contributed by atoms with Gasteiger partial charge in [-0.1, -0.05) is 12.1 Å². The Kier molecular flexibility index (Phi) is 5.91. The number of hydrogen-bond acceptors (Lipinski definition) is 7. The van der Waals surface area contributed by atoms with Crippen LogP contribution in [0.4, 0.5) is 25.3 Å². The van der Waals surface area contributed by atoms with Crippen molar-refractivity contribution in [2.75, 3.05) is 16.8 Å². The molecule has 2 aromatic rings. The number of ether oxygens (including phenoxy) is 1. The molecule has 3 rings (SSSR count). The van der Waals surface area contributed by atoms with Gasteiger partial charge in [-0.05, 0) is 39.3 Å².